The average Bonchev–Trinajstić information content (AvgIpc) is 2.40. The van der Waals surface area contributed by atoms with Gasteiger partial charge in [0.2, 0.25) is 0 Å². The van der Waals surface area contributed by atoms with Crippen molar-refractivity contribution in [2.45, 2.75) is 0 Å². The first-order chi connectivity index (χ1) is 8.70. The zero-order valence-corrected chi connectivity index (χ0v) is 9.75. The Bertz CT molecular complexity index is 557. The van der Waals surface area contributed by atoms with Gasteiger partial charge >= 0.3 is 0 Å². The molecule has 1 amide bonds. The Kier molecular flexibility index (Phi) is 3.38. The molecule has 0 saturated heterocycles. The number of carbonyl (C=O) groups is 1. The third-order valence-electron chi connectivity index (χ3n) is 2.33. The van der Waals surface area contributed by atoms with E-state index >= 15 is 0 Å². The molecule has 0 spiro atoms. The highest BCUT2D eigenvalue weighted by Crippen LogP contribution is 2.24. The van der Waals surface area contributed by atoms with E-state index < -0.39 is 0 Å². The van der Waals surface area contributed by atoms with Crippen molar-refractivity contribution < 1.29 is 9.53 Å². The molecule has 3 N–H and O–H groups in total. The number of rotatable bonds is 3. The van der Waals surface area contributed by atoms with E-state index in [1.807, 2.05) is 0 Å². The molecule has 6 nitrogen and oxygen atoms in total. The first kappa shape index (κ1) is 11.8. The minimum atomic E-state index is -0.269. The van der Waals surface area contributed by atoms with Gasteiger partial charge < -0.3 is 15.8 Å². The Morgan fingerprint density at radius 3 is 2.78 bits per heavy atom. The molecule has 0 atom stereocenters. The van der Waals surface area contributed by atoms with E-state index in [9.17, 15) is 4.79 Å². The zero-order chi connectivity index (χ0) is 13.0. The van der Waals surface area contributed by atoms with Crippen LogP contribution in [0.4, 0.5) is 11.4 Å². The quantitative estimate of drug-likeness (QED) is 0.795. The third kappa shape index (κ3) is 2.54. The molecule has 1 heterocycles. The van der Waals surface area contributed by atoms with Gasteiger partial charge in [0.15, 0.2) is 0 Å². The second kappa shape index (κ2) is 5.13. The number of ether oxygens (including phenoxy) is 1. The first-order valence-corrected chi connectivity index (χ1v) is 5.22. The lowest BCUT2D eigenvalue weighted by atomic mass is 10.2. The number of methoxy groups -OCH3 is 1. The summed E-state index contributed by atoms with van der Waals surface area (Å²) < 4.78 is 5.03. The molecule has 2 rings (SSSR count). The number of nitrogens with one attached hydrogen (secondary N) is 1. The number of nitrogens with two attached hydrogens (primary N) is 1. The maximum absolute atomic E-state index is 11.8. The molecule has 1 aromatic carbocycles. The van der Waals surface area contributed by atoms with Crippen LogP contribution in [-0.4, -0.2) is 23.2 Å². The van der Waals surface area contributed by atoms with Crippen LogP contribution in [0.5, 0.6) is 5.75 Å². The van der Waals surface area contributed by atoms with Crippen molar-refractivity contribution in [3.63, 3.8) is 0 Å². The van der Waals surface area contributed by atoms with Gasteiger partial charge in [-0.05, 0) is 24.3 Å². The van der Waals surface area contributed by atoms with Crippen molar-refractivity contribution in [3.8, 4) is 5.75 Å². The minimum absolute atomic E-state index is 0.269. The Morgan fingerprint density at radius 1 is 1.33 bits per heavy atom. The van der Waals surface area contributed by atoms with Crippen LogP contribution in [0.15, 0.2) is 36.7 Å². The van der Waals surface area contributed by atoms with Crippen LogP contribution in [0.3, 0.4) is 0 Å². The van der Waals surface area contributed by atoms with E-state index in [1.54, 1.807) is 24.3 Å². The highest BCUT2D eigenvalue weighted by Gasteiger charge is 2.07. The second-order valence-electron chi connectivity index (χ2n) is 3.54. The summed E-state index contributed by atoms with van der Waals surface area (Å²) >= 11 is 0. The van der Waals surface area contributed by atoms with Crippen LogP contribution in [-0.2, 0) is 0 Å². The lowest BCUT2D eigenvalue weighted by molar-refractivity contribution is 0.102. The summed E-state index contributed by atoms with van der Waals surface area (Å²) in [5, 5.41) is 9.95. The van der Waals surface area contributed by atoms with Crippen molar-refractivity contribution in [2.75, 3.05) is 18.2 Å². The summed E-state index contributed by atoms with van der Waals surface area (Å²) in [6, 6.07) is 6.61. The summed E-state index contributed by atoms with van der Waals surface area (Å²) in [7, 11) is 1.53. The number of aromatic nitrogens is 2. The number of hydrogen-bond acceptors (Lipinski definition) is 5. The number of hydrogen-bond donors (Lipinski definition) is 2. The first-order valence-electron chi connectivity index (χ1n) is 5.22. The average molecular weight is 244 g/mol. The maximum atomic E-state index is 11.8. The van der Waals surface area contributed by atoms with E-state index in [1.165, 1.54) is 19.5 Å². The highest BCUT2D eigenvalue weighted by molar-refractivity contribution is 6.04. The van der Waals surface area contributed by atoms with E-state index in [2.05, 4.69) is 15.5 Å². The Morgan fingerprint density at radius 2 is 2.17 bits per heavy atom. The van der Waals surface area contributed by atoms with Crippen molar-refractivity contribution in [2.24, 2.45) is 0 Å². The van der Waals surface area contributed by atoms with Crippen LogP contribution in [0.1, 0.15) is 10.4 Å². The fraction of sp³-hybridized carbons (Fsp3) is 0.0833. The monoisotopic (exact) mass is 244 g/mol. The molecule has 0 aliphatic heterocycles. The largest absolute Gasteiger partial charge is 0.495 e. The van der Waals surface area contributed by atoms with Gasteiger partial charge in [0.1, 0.15) is 5.75 Å². The molecular weight excluding hydrogens is 232 g/mol. The van der Waals surface area contributed by atoms with Crippen LogP contribution in [0.25, 0.3) is 0 Å². The molecule has 92 valence electrons. The summed E-state index contributed by atoms with van der Waals surface area (Å²) in [6.45, 7) is 0. The van der Waals surface area contributed by atoms with Gasteiger partial charge in [-0.25, -0.2) is 0 Å². The van der Waals surface area contributed by atoms with E-state index in [0.717, 1.165) is 0 Å². The predicted octanol–water partition coefficient (Wildman–Crippen LogP) is 1.32. The number of anilines is 2. The Balaban J connectivity index is 2.15. The Hall–Kier alpha value is -2.63. The van der Waals surface area contributed by atoms with E-state index in [0.29, 0.717) is 22.7 Å². The molecule has 2 aromatic rings. The number of carbonyl (C=O) groups excluding carboxylic acids is 1. The fourth-order valence-corrected chi connectivity index (χ4v) is 1.44. The molecule has 0 aliphatic rings. The second-order valence-corrected chi connectivity index (χ2v) is 3.54. The molecule has 18 heavy (non-hydrogen) atoms. The lowest BCUT2D eigenvalue weighted by Gasteiger charge is -2.08. The van der Waals surface area contributed by atoms with Gasteiger partial charge in [-0.15, -0.1) is 0 Å². The molecular formula is C12H12N4O2. The van der Waals surface area contributed by atoms with Gasteiger partial charge in [-0.2, -0.15) is 10.2 Å². The molecule has 0 unspecified atom stereocenters. The summed E-state index contributed by atoms with van der Waals surface area (Å²) in [5.74, 6) is 0.299. The summed E-state index contributed by atoms with van der Waals surface area (Å²) in [5.41, 5.74) is 7.23. The van der Waals surface area contributed by atoms with Crippen molar-refractivity contribution in [3.05, 3.63) is 42.2 Å². The van der Waals surface area contributed by atoms with Crippen LogP contribution >= 0.6 is 0 Å². The molecule has 0 saturated carbocycles. The van der Waals surface area contributed by atoms with Crippen LogP contribution in [0.2, 0.25) is 0 Å². The molecule has 0 bridgehead atoms. The minimum Gasteiger partial charge on any atom is -0.495 e. The van der Waals surface area contributed by atoms with Crippen molar-refractivity contribution in [1.29, 1.82) is 0 Å². The Labute approximate surface area is 104 Å². The summed E-state index contributed by atoms with van der Waals surface area (Å²) in [4.78, 5) is 11.8. The van der Waals surface area contributed by atoms with Crippen LogP contribution < -0.4 is 15.8 Å². The van der Waals surface area contributed by atoms with Gasteiger partial charge in [-0.1, -0.05) is 0 Å². The van der Waals surface area contributed by atoms with E-state index in [-0.39, 0.29) is 5.91 Å². The van der Waals surface area contributed by atoms with Gasteiger partial charge in [0, 0.05) is 5.69 Å². The van der Waals surface area contributed by atoms with Crippen molar-refractivity contribution >= 4 is 17.3 Å². The van der Waals surface area contributed by atoms with Crippen molar-refractivity contribution in [1.82, 2.24) is 10.2 Å². The molecule has 1 aromatic heterocycles. The fourth-order valence-electron chi connectivity index (χ4n) is 1.44. The highest BCUT2D eigenvalue weighted by atomic mass is 16.5. The number of benzene rings is 1. The van der Waals surface area contributed by atoms with Gasteiger partial charge in [0.25, 0.3) is 5.91 Å². The SMILES string of the molecule is COc1ccc(NC(=O)c2ccnnc2)cc1N. The standard InChI is InChI=1S/C12H12N4O2/c1-18-11-3-2-9(6-10(11)13)16-12(17)8-4-5-14-15-7-8/h2-7H,13H2,1H3,(H,16,17). The maximum Gasteiger partial charge on any atom is 0.257 e. The number of amides is 1. The topological polar surface area (TPSA) is 90.1 Å². The van der Waals surface area contributed by atoms with E-state index in [4.69, 9.17) is 10.5 Å². The zero-order valence-electron chi connectivity index (χ0n) is 9.75. The number of nitrogens with zero attached hydrogens (tertiary/aromatic N) is 2. The van der Waals surface area contributed by atoms with Gasteiger partial charge in [-0.3, -0.25) is 4.79 Å². The third-order valence-corrected chi connectivity index (χ3v) is 2.33. The van der Waals surface area contributed by atoms with Gasteiger partial charge in [0.05, 0.1) is 30.8 Å². The molecule has 0 radical (unpaired) electrons. The lowest BCUT2D eigenvalue weighted by Crippen LogP contribution is -2.12. The molecule has 6 heteroatoms. The molecule has 0 aliphatic carbocycles. The smallest absolute Gasteiger partial charge is 0.257 e. The number of nitrogen functional groups attached to an aromatic ring is 1. The normalized spacial score (nSPS) is 9.83. The molecule has 0 fully saturated rings. The summed E-state index contributed by atoms with van der Waals surface area (Å²) in [6.07, 6.45) is 2.85. The predicted molar refractivity (Wildman–Crippen MR) is 67.4 cm³/mol. The van der Waals surface area contributed by atoms with Crippen LogP contribution in [0, 0.1) is 0 Å².